The van der Waals surface area contributed by atoms with Crippen LogP contribution in [0.25, 0.3) is 0 Å². The van der Waals surface area contributed by atoms with E-state index in [1.165, 1.54) is 11.1 Å². The lowest BCUT2D eigenvalue weighted by Crippen LogP contribution is -2.34. The van der Waals surface area contributed by atoms with Crippen molar-refractivity contribution in [3.8, 4) is 5.75 Å². The van der Waals surface area contributed by atoms with E-state index < -0.39 is 5.97 Å². The zero-order valence-electron chi connectivity index (χ0n) is 12.0. The van der Waals surface area contributed by atoms with Gasteiger partial charge in [0.15, 0.2) is 0 Å². The molecule has 1 N–H and O–H groups in total. The highest BCUT2D eigenvalue weighted by molar-refractivity contribution is 5.71. The summed E-state index contributed by atoms with van der Waals surface area (Å²) in [6.07, 6.45) is 1.09. The van der Waals surface area contributed by atoms with Gasteiger partial charge < -0.3 is 9.84 Å². The Bertz CT molecular complexity index is 528. The minimum absolute atomic E-state index is 0.159. The minimum atomic E-state index is -0.675. The van der Waals surface area contributed by atoms with Crippen molar-refractivity contribution in [3.63, 3.8) is 0 Å². The van der Waals surface area contributed by atoms with Crippen LogP contribution in [0.1, 0.15) is 18.1 Å². The van der Waals surface area contributed by atoms with Crippen molar-refractivity contribution >= 4 is 5.97 Å². The Morgan fingerprint density at radius 1 is 1.45 bits per heavy atom. The summed E-state index contributed by atoms with van der Waals surface area (Å²) in [5.41, 5.74) is 2.53. The molecule has 4 heteroatoms. The van der Waals surface area contributed by atoms with E-state index in [9.17, 15) is 9.90 Å². The summed E-state index contributed by atoms with van der Waals surface area (Å²) in [6.45, 7) is 6.43. The number of rotatable bonds is 3. The van der Waals surface area contributed by atoms with Gasteiger partial charge in [0.2, 0.25) is 0 Å². The number of aliphatic carboxylic acids is 1. The predicted molar refractivity (Wildman–Crippen MR) is 76.0 cm³/mol. The highest BCUT2D eigenvalue weighted by Crippen LogP contribution is 2.31. The minimum Gasteiger partial charge on any atom is -0.488 e. The Morgan fingerprint density at radius 2 is 2.25 bits per heavy atom. The summed E-state index contributed by atoms with van der Waals surface area (Å²) in [4.78, 5) is 13.4. The zero-order valence-corrected chi connectivity index (χ0v) is 12.0. The van der Waals surface area contributed by atoms with Gasteiger partial charge in [0.1, 0.15) is 11.9 Å². The maximum atomic E-state index is 11.2. The molecule has 4 nitrogen and oxygen atoms in total. The van der Waals surface area contributed by atoms with Gasteiger partial charge in [0.25, 0.3) is 0 Å². The fourth-order valence-electron chi connectivity index (χ4n) is 3.38. The van der Waals surface area contributed by atoms with Crippen molar-refractivity contribution in [2.24, 2.45) is 11.8 Å². The van der Waals surface area contributed by atoms with Crippen molar-refractivity contribution in [3.05, 3.63) is 29.3 Å². The number of aryl methyl sites for hydroxylation is 1. The third kappa shape index (κ3) is 2.52. The standard InChI is InChI=1S/C16H21NO3/c1-10-3-4-15-12(5-10)6-13(20-15)8-17-7-11(2)14(9-17)16(18)19/h3-5,11,13-14H,6-9H2,1-2H3,(H,18,19)/t11-,13?,14-/m1/s1. The van der Waals surface area contributed by atoms with Crippen LogP contribution in [0.15, 0.2) is 18.2 Å². The first-order chi connectivity index (χ1) is 9.52. The maximum Gasteiger partial charge on any atom is 0.308 e. The highest BCUT2D eigenvalue weighted by Gasteiger charge is 2.36. The molecular formula is C16H21NO3. The Morgan fingerprint density at radius 3 is 2.95 bits per heavy atom. The Labute approximate surface area is 119 Å². The first-order valence-electron chi connectivity index (χ1n) is 7.24. The van der Waals surface area contributed by atoms with Gasteiger partial charge >= 0.3 is 5.97 Å². The van der Waals surface area contributed by atoms with Crippen molar-refractivity contribution < 1.29 is 14.6 Å². The number of carboxylic acid groups (broad SMARTS) is 1. The van der Waals surface area contributed by atoms with Gasteiger partial charge in [-0.2, -0.15) is 0 Å². The number of likely N-dealkylation sites (tertiary alicyclic amines) is 1. The van der Waals surface area contributed by atoms with E-state index in [4.69, 9.17) is 4.74 Å². The number of carbonyl (C=O) groups is 1. The summed E-state index contributed by atoms with van der Waals surface area (Å²) in [6, 6.07) is 6.29. The van der Waals surface area contributed by atoms with E-state index in [0.717, 1.165) is 25.3 Å². The molecule has 0 amide bonds. The Hall–Kier alpha value is -1.55. The number of hydrogen-bond acceptors (Lipinski definition) is 3. The molecule has 1 fully saturated rings. The first kappa shape index (κ1) is 13.4. The molecule has 1 aromatic carbocycles. The third-order valence-electron chi connectivity index (χ3n) is 4.42. The van der Waals surface area contributed by atoms with E-state index in [0.29, 0.717) is 6.54 Å². The van der Waals surface area contributed by atoms with Crippen LogP contribution in [0, 0.1) is 18.8 Å². The SMILES string of the molecule is Cc1ccc2c(c1)CC(CN1C[C@@H](C)[C@H](C(=O)O)C1)O2. The smallest absolute Gasteiger partial charge is 0.308 e. The van der Waals surface area contributed by atoms with Gasteiger partial charge in [-0.3, -0.25) is 9.69 Å². The van der Waals surface area contributed by atoms with Crippen LogP contribution in [-0.4, -0.2) is 41.7 Å². The lowest BCUT2D eigenvalue weighted by atomic mass is 9.99. The van der Waals surface area contributed by atoms with E-state index >= 15 is 0 Å². The number of carboxylic acids is 1. The number of nitrogens with zero attached hydrogens (tertiary/aromatic N) is 1. The molecule has 1 saturated heterocycles. The first-order valence-corrected chi connectivity index (χ1v) is 7.24. The lowest BCUT2D eigenvalue weighted by molar-refractivity contribution is -0.142. The van der Waals surface area contributed by atoms with Crippen LogP contribution >= 0.6 is 0 Å². The Balaban J connectivity index is 1.60. The molecule has 2 aliphatic heterocycles. The van der Waals surface area contributed by atoms with E-state index in [2.05, 4.69) is 24.0 Å². The molecular weight excluding hydrogens is 254 g/mol. The molecule has 0 saturated carbocycles. The molecule has 3 atom stereocenters. The number of ether oxygens (including phenoxy) is 1. The van der Waals surface area contributed by atoms with Crippen molar-refractivity contribution in [1.29, 1.82) is 0 Å². The molecule has 1 aromatic rings. The molecule has 20 heavy (non-hydrogen) atoms. The molecule has 0 bridgehead atoms. The van der Waals surface area contributed by atoms with Crippen LogP contribution in [0.2, 0.25) is 0 Å². The summed E-state index contributed by atoms with van der Waals surface area (Å²) >= 11 is 0. The summed E-state index contributed by atoms with van der Waals surface area (Å²) in [5, 5.41) is 9.18. The fourth-order valence-corrected chi connectivity index (χ4v) is 3.38. The van der Waals surface area contributed by atoms with Gasteiger partial charge in [-0.05, 0) is 24.5 Å². The second kappa shape index (κ2) is 5.09. The van der Waals surface area contributed by atoms with Gasteiger partial charge in [-0.1, -0.05) is 24.6 Å². The average Bonchev–Trinajstić information content (AvgIpc) is 2.92. The predicted octanol–water partition coefficient (Wildman–Crippen LogP) is 1.95. The Kier molecular flexibility index (Phi) is 3.42. The van der Waals surface area contributed by atoms with Crippen LogP contribution in [-0.2, 0) is 11.2 Å². The second-order valence-electron chi connectivity index (χ2n) is 6.20. The second-order valence-corrected chi connectivity index (χ2v) is 6.20. The van der Waals surface area contributed by atoms with Crippen LogP contribution in [0.3, 0.4) is 0 Å². The van der Waals surface area contributed by atoms with Gasteiger partial charge in [0, 0.05) is 26.1 Å². The molecule has 3 rings (SSSR count). The lowest BCUT2D eigenvalue weighted by Gasteiger charge is -2.19. The summed E-state index contributed by atoms with van der Waals surface area (Å²) in [5.74, 6) is 0.299. The van der Waals surface area contributed by atoms with E-state index in [-0.39, 0.29) is 17.9 Å². The molecule has 2 heterocycles. The fraction of sp³-hybridized carbons (Fsp3) is 0.562. The molecule has 0 aromatic heterocycles. The van der Waals surface area contributed by atoms with E-state index in [1.54, 1.807) is 0 Å². The summed E-state index contributed by atoms with van der Waals surface area (Å²) in [7, 11) is 0. The molecule has 0 spiro atoms. The van der Waals surface area contributed by atoms with Crippen molar-refractivity contribution in [1.82, 2.24) is 4.90 Å². The molecule has 0 radical (unpaired) electrons. The number of benzene rings is 1. The molecule has 108 valence electrons. The zero-order chi connectivity index (χ0) is 14.3. The maximum absolute atomic E-state index is 11.2. The van der Waals surface area contributed by atoms with Crippen LogP contribution < -0.4 is 4.74 Å². The normalized spacial score (nSPS) is 29.2. The van der Waals surface area contributed by atoms with Crippen LogP contribution in [0.4, 0.5) is 0 Å². The number of hydrogen-bond donors (Lipinski definition) is 1. The van der Waals surface area contributed by atoms with Gasteiger partial charge in [-0.15, -0.1) is 0 Å². The largest absolute Gasteiger partial charge is 0.488 e. The van der Waals surface area contributed by atoms with Crippen LogP contribution in [0.5, 0.6) is 5.75 Å². The van der Waals surface area contributed by atoms with E-state index in [1.807, 2.05) is 13.0 Å². The molecule has 0 aliphatic carbocycles. The third-order valence-corrected chi connectivity index (χ3v) is 4.42. The van der Waals surface area contributed by atoms with Crippen molar-refractivity contribution in [2.75, 3.05) is 19.6 Å². The summed E-state index contributed by atoms with van der Waals surface area (Å²) < 4.78 is 5.97. The van der Waals surface area contributed by atoms with Crippen molar-refractivity contribution in [2.45, 2.75) is 26.4 Å². The average molecular weight is 275 g/mol. The quantitative estimate of drug-likeness (QED) is 0.916. The monoisotopic (exact) mass is 275 g/mol. The van der Waals surface area contributed by atoms with Gasteiger partial charge in [-0.25, -0.2) is 0 Å². The highest BCUT2D eigenvalue weighted by atomic mass is 16.5. The molecule has 1 unspecified atom stereocenters. The molecule has 2 aliphatic rings. The number of fused-ring (bicyclic) bond motifs is 1. The topological polar surface area (TPSA) is 49.8 Å². The van der Waals surface area contributed by atoms with Gasteiger partial charge in [0.05, 0.1) is 5.92 Å².